The second-order valence-electron chi connectivity index (χ2n) is 3.76. The Labute approximate surface area is 107 Å². The number of fused-ring (bicyclic) bond motifs is 1. The molecule has 2 N–H and O–H groups in total. The lowest BCUT2D eigenvalue weighted by Crippen LogP contribution is -1.93. The van der Waals surface area contributed by atoms with Crippen molar-refractivity contribution in [2.24, 2.45) is 7.05 Å². The molecule has 0 bridgehead atoms. The summed E-state index contributed by atoms with van der Waals surface area (Å²) in [7, 11) is 1.81. The van der Waals surface area contributed by atoms with Gasteiger partial charge in [-0.05, 0) is 40.4 Å². The van der Waals surface area contributed by atoms with Crippen LogP contribution in [-0.2, 0) is 7.05 Å². The summed E-state index contributed by atoms with van der Waals surface area (Å²) in [6.45, 7) is 0. The first-order valence-electron chi connectivity index (χ1n) is 5.28. The molecule has 0 aliphatic heterocycles. The summed E-state index contributed by atoms with van der Waals surface area (Å²) in [6.07, 6.45) is 3.52. The van der Waals surface area contributed by atoms with Gasteiger partial charge in [-0.1, -0.05) is 0 Å². The van der Waals surface area contributed by atoms with Crippen LogP contribution < -0.4 is 5.73 Å². The van der Waals surface area contributed by atoms with E-state index in [0.717, 1.165) is 26.5 Å². The van der Waals surface area contributed by atoms with Gasteiger partial charge >= 0.3 is 0 Å². The number of nitrogen functional groups attached to an aromatic ring is 1. The van der Waals surface area contributed by atoms with Gasteiger partial charge in [0.2, 0.25) is 5.16 Å². The van der Waals surface area contributed by atoms with Gasteiger partial charge in [-0.3, -0.25) is 4.98 Å². The Balaban J connectivity index is 2.13. The fourth-order valence-corrected chi connectivity index (χ4v) is 2.55. The van der Waals surface area contributed by atoms with E-state index < -0.39 is 0 Å². The van der Waals surface area contributed by atoms with Crippen LogP contribution >= 0.6 is 11.8 Å². The van der Waals surface area contributed by atoms with E-state index in [-0.39, 0.29) is 0 Å². The average molecular weight is 258 g/mol. The van der Waals surface area contributed by atoms with E-state index in [0.29, 0.717) is 0 Å². The van der Waals surface area contributed by atoms with Crippen LogP contribution in [0.25, 0.3) is 10.8 Å². The molecule has 90 valence electrons. The van der Waals surface area contributed by atoms with E-state index in [4.69, 9.17) is 5.73 Å². The number of nitrogens with two attached hydrogens (primary N) is 1. The summed E-state index contributed by atoms with van der Waals surface area (Å²) in [5.74, 6) is 0. The van der Waals surface area contributed by atoms with E-state index in [9.17, 15) is 0 Å². The molecule has 3 aromatic rings. The molecule has 0 unspecified atom stereocenters. The predicted molar refractivity (Wildman–Crippen MR) is 69.1 cm³/mol. The highest BCUT2D eigenvalue weighted by atomic mass is 32.2. The van der Waals surface area contributed by atoms with Crippen LogP contribution in [0.3, 0.4) is 0 Å². The molecule has 2 aromatic heterocycles. The lowest BCUT2D eigenvalue weighted by molar-refractivity contribution is 0.664. The second-order valence-corrected chi connectivity index (χ2v) is 4.77. The zero-order valence-corrected chi connectivity index (χ0v) is 10.4. The maximum atomic E-state index is 5.93. The summed E-state index contributed by atoms with van der Waals surface area (Å²) in [5.41, 5.74) is 6.65. The normalized spacial score (nSPS) is 10.9. The monoisotopic (exact) mass is 258 g/mol. The Hall–Kier alpha value is -2.15. The van der Waals surface area contributed by atoms with E-state index in [2.05, 4.69) is 20.5 Å². The van der Waals surface area contributed by atoms with Gasteiger partial charge in [0.05, 0.1) is 0 Å². The number of hydrogen-bond acceptors (Lipinski definition) is 6. The fraction of sp³-hybridized carbons (Fsp3) is 0.0909. The van der Waals surface area contributed by atoms with Gasteiger partial charge in [-0.2, -0.15) is 0 Å². The van der Waals surface area contributed by atoms with Crippen molar-refractivity contribution in [1.29, 1.82) is 0 Å². The van der Waals surface area contributed by atoms with Crippen LogP contribution in [0.1, 0.15) is 0 Å². The maximum absolute atomic E-state index is 5.93. The largest absolute Gasteiger partial charge is 0.398 e. The molecule has 0 aliphatic carbocycles. The fourth-order valence-electron chi connectivity index (χ4n) is 1.68. The highest BCUT2D eigenvalue weighted by molar-refractivity contribution is 7.99. The van der Waals surface area contributed by atoms with Crippen LogP contribution in [0.15, 0.2) is 40.6 Å². The highest BCUT2D eigenvalue weighted by Crippen LogP contribution is 2.33. The van der Waals surface area contributed by atoms with Crippen LogP contribution in [0.4, 0.5) is 5.69 Å². The van der Waals surface area contributed by atoms with Crippen molar-refractivity contribution >= 4 is 28.2 Å². The molecule has 3 rings (SSSR count). The van der Waals surface area contributed by atoms with Crippen molar-refractivity contribution in [1.82, 2.24) is 25.2 Å². The highest BCUT2D eigenvalue weighted by Gasteiger charge is 2.09. The van der Waals surface area contributed by atoms with Crippen LogP contribution in [0.2, 0.25) is 0 Å². The quantitative estimate of drug-likeness (QED) is 0.701. The first kappa shape index (κ1) is 11.0. The van der Waals surface area contributed by atoms with E-state index in [1.54, 1.807) is 17.1 Å². The Bertz CT molecular complexity index is 708. The van der Waals surface area contributed by atoms with Gasteiger partial charge in [0.25, 0.3) is 0 Å². The van der Waals surface area contributed by atoms with Crippen molar-refractivity contribution in [3.8, 4) is 0 Å². The molecule has 0 saturated carbocycles. The van der Waals surface area contributed by atoms with Crippen molar-refractivity contribution in [3.63, 3.8) is 0 Å². The zero-order chi connectivity index (χ0) is 12.5. The molecule has 0 spiro atoms. The number of nitrogens with zero attached hydrogens (tertiary/aromatic N) is 5. The minimum atomic E-state index is 0.721. The van der Waals surface area contributed by atoms with Gasteiger partial charge in [0, 0.05) is 40.8 Å². The molecular weight excluding hydrogens is 248 g/mol. The number of aryl methyl sites for hydroxylation is 1. The number of benzene rings is 1. The minimum absolute atomic E-state index is 0.721. The van der Waals surface area contributed by atoms with Crippen molar-refractivity contribution in [2.75, 3.05) is 5.73 Å². The van der Waals surface area contributed by atoms with Gasteiger partial charge in [-0.15, -0.1) is 5.10 Å². The topological polar surface area (TPSA) is 82.5 Å². The summed E-state index contributed by atoms with van der Waals surface area (Å²) < 4.78 is 1.63. The summed E-state index contributed by atoms with van der Waals surface area (Å²) in [6, 6.07) is 5.78. The van der Waals surface area contributed by atoms with E-state index in [1.165, 1.54) is 11.8 Å². The molecule has 0 aliphatic rings. The van der Waals surface area contributed by atoms with Crippen LogP contribution in [-0.4, -0.2) is 25.2 Å². The van der Waals surface area contributed by atoms with Gasteiger partial charge < -0.3 is 5.73 Å². The smallest absolute Gasteiger partial charge is 0.213 e. The van der Waals surface area contributed by atoms with Gasteiger partial charge in [-0.25, -0.2) is 4.68 Å². The summed E-state index contributed by atoms with van der Waals surface area (Å²) in [5, 5.41) is 14.1. The van der Waals surface area contributed by atoms with Gasteiger partial charge in [0.1, 0.15) is 0 Å². The van der Waals surface area contributed by atoms with Crippen LogP contribution in [0.5, 0.6) is 0 Å². The second kappa shape index (κ2) is 4.26. The molecule has 0 atom stereocenters. The minimum Gasteiger partial charge on any atom is -0.398 e. The SMILES string of the molecule is Cn1nnnc1Sc1ccc(N)c2cnccc12. The number of tetrazole rings is 1. The number of rotatable bonds is 2. The molecular formula is C11H10N6S. The molecule has 2 heterocycles. The molecule has 7 heteroatoms. The van der Waals surface area contributed by atoms with Crippen molar-refractivity contribution < 1.29 is 0 Å². The Morgan fingerprint density at radius 3 is 2.89 bits per heavy atom. The summed E-state index contributed by atoms with van der Waals surface area (Å²) >= 11 is 1.50. The molecule has 6 nitrogen and oxygen atoms in total. The Kier molecular flexibility index (Phi) is 2.60. The van der Waals surface area contributed by atoms with Crippen molar-refractivity contribution in [2.45, 2.75) is 10.1 Å². The number of pyridine rings is 1. The standard InChI is InChI=1S/C11H10N6S/c1-17-11(14-15-16-17)18-10-3-2-9(12)8-6-13-5-4-7(8)10/h2-6H,12H2,1H3. The third kappa shape index (κ3) is 1.78. The van der Waals surface area contributed by atoms with E-state index in [1.807, 2.05) is 25.2 Å². The first-order valence-corrected chi connectivity index (χ1v) is 6.10. The third-order valence-electron chi connectivity index (χ3n) is 2.59. The maximum Gasteiger partial charge on any atom is 0.213 e. The molecule has 0 radical (unpaired) electrons. The first-order chi connectivity index (χ1) is 8.75. The number of anilines is 1. The molecule has 0 saturated heterocycles. The van der Waals surface area contributed by atoms with Gasteiger partial charge in [0.15, 0.2) is 0 Å². The van der Waals surface area contributed by atoms with Crippen molar-refractivity contribution in [3.05, 3.63) is 30.6 Å². The molecule has 0 amide bonds. The number of hydrogen-bond donors (Lipinski definition) is 1. The average Bonchev–Trinajstić information content (AvgIpc) is 2.79. The Morgan fingerprint density at radius 2 is 2.11 bits per heavy atom. The predicted octanol–water partition coefficient (Wildman–Crippen LogP) is 1.49. The lowest BCUT2D eigenvalue weighted by atomic mass is 10.1. The molecule has 0 fully saturated rings. The Morgan fingerprint density at radius 1 is 1.22 bits per heavy atom. The lowest BCUT2D eigenvalue weighted by Gasteiger charge is -2.06. The van der Waals surface area contributed by atoms with E-state index >= 15 is 0 Å². The molecule has 1 aromatic carbocycles. The third-order valence-corrected chi connectivity index (χ3v) is 3.70. The zero-order valence-electron chi connectivity index (χ0n) is 9.61. The molecule has 18 heavy (non-hydrogen) atoms. The van der Waals surface area contributed by atoms with Crippen LogP contribution in [0, 0.1) is 0 Å². The number of aromatic nitrogens is 5. The summed E-state index contributed by atoms with van der Waals surface area (Å²) in [4.78, 5) is 5.15.